The van der Waals surface area contributed by atoms with Crippen molar-refractivity contribution < 1.29 is 14.9 Å². The summed E-state index contributed by atoms with van der Waals surface area (Å²) in [6, 6.07) is 15.2. The molecule has 2 N–H and O–H groups in total. The lowest BCUT2D eigenvalue weighted by Crippen LogP contribution is -2.49. The molecular weight excluding hydrogens is 316 g/mol. The fourth-order valence-corrected chi connectivity index (χ4v) is 3.13. The molecule has 5 heteroatoms. The van der Waals surface area contributed by atoms with Gasteiger partial charge in [0, 0.05) is 44.5 Å². The number of aromatic hydroxyl groups is 1. The van der Waals surface area contributed by atoms with Crippen molar-refractivity contribution >= 4 is 5.69 Å². The third-order valence-electron chi connectivity index (χ3n) is 4.47. The molecule has 0 aliphatic carbocycles. The molecule has 0 amide bonds. The Hall–Kier alpha value is -2.24. The smallest absolute Gasteiger partial charge is 0.119 e. The number of aliphatic hydroxyl groups is 1. The van der Waals surface area contributed by atoms with Crippen molar-refractivity contribution in [3.05, 3.63) is 54.1 Å². The van der Waals surface area contributed by atoms with E-state index in [0.29, 0.717) is 18.9 Å². The molecule has 0 aromatic heterocycles. The average Bonchev–Trinajstić information content (AvgIpc) is 2.61. The van der Waals surface area contributed by atoms with Crippen LogP contribution < -0.4 is 9.64 Å². The quantitative estimate of drug-likeness (QED) is 0.843. The van der Waals surface area contributed by atoms with Crippen molar-refractivity contribution in [2.45, 2.75) is 13.0 Å². The molecule has 1 aliphatic heterocycles. The van der Waals surface area contributed by atoms with Crippen LogP contribution in [0.3, 0.4) is 0 Å². The first-order chi connectivity index (χ1) is 12.1. The number of anilines is 1. The highest BCUT2D eigenvalue weighted by molar-refractivity contribution is 5.50. The monoisotopic (exact) mass is 342 g/mol. The van der Waals surface area contributed by atoms with Gasteiger partial charge >= 0.3 is 0 Å². The van der Waals surface area contributed by atoms with Gasteiger partial charge < -0.3 is 19.8 Å². The molecule has 25 heavy (non-hydrogen) atoms. The molecule has 134 valence electrons. The zero-order valence-electron chi connectivity index (χ0n) is 14.6. The number of nitrogens with zero attached hydrogens (tertiary/aromatic N) is 2. The number of phenols is 1. The summed E-state index contributed by atoms with van der Waals surface area (Å²) in [6.07, 6.45) is -0.507. The van der Waals surface area contributed by atoms with E-state index < -0.39 is 6.10 Å². The molecule has 5 nitrogen and oxygen atoms in total. The molecule has 1 saturated heterocycles. The second-order valence-electron chi connectivity index (χ2n) is 6.59. The van der Waals surface area contributed by atoms with E-state index in [1.54, 1.807) is 12.1 Å². The van der Waals surface area contributed by atoms with Crippen molar-refractivity contribution in [2.24, 2.45) is 0 Å². The van der Waals surface area contributed by atoms with Crippen molar-refractivity contribution in [1.82, 2.24) is 4.90 Å². The van der Waals surface area contributed by atoms with Gasteiger partial charge in [0.05, 0.1) is 0 Å². The van der Waals surface area contributed by atoms with E-state index in [4.69, 9.17) is 4.74 Å². The Morgan fingerprint density at radius 2 is 1.80 bits per heavy atom. The summed E-state index contributed by atoms with van der Waals surface area (Å²) in [6.45, 7) is 6.48. The van der Waals surface area contributed by atoms with Crippen molar-refractivity contribution in [3.8, 4) is 11.5 Å². The van der Waals surface area contributed by atoms with Crippen LogP contribution >= 0.6 is 0 Å². The van der Waals surface area contributed by atoms with E-state index in [9.17, 15) is 10.2 Å². The number of rotatable bonds is 6. The van der Waals surface area contributed by atoms with Gasteiger partial charge in [0.1, 0.15) is 24.2 Å². The summed E-state index contributed by atoms with van der Waals surface area (Å²) in [5.74, 6) is 1.09. The molecule has 0 spiro atoms. The normalized spacial score (nSPS) is 16.6. The number of β-amino-alcohol motifs (C(OH)–C–C–N with tert-alkyl or cyclic N) is 1. The maximum atomic E-state index is 10.2. The standard InChI is InChI=1S/C20H26N2O3/c1-16-4-2-7-20(12-16)25-15-19(24)14-21-8-10-22(11-9-21)17-5-3-6-18(23)13-17/h2-7,12-13,19,23-24H,8-11,14-15H2,1H3. The maximum absolute atomic E-state index is 10.2. The molecule has 0 bridgehead atoms. The average molecular weight is 342 g/mol. The van der Waals surface area contributed by atoms with Crippen LogP contribution in [0.4, 0.5) is 5.69 Å². The minimum atomic E-state index is -0.507. The van der Waals surface area contributed by atoms with E-state index in [2.05, 4.69) is 9.80 Å². The Labute approximate surface area is 149 Å². The number of benzene rings is 2. The summed E-state index contributed by atoms with van der Waals surface area (Å²) in [4.78, 5) is 4.51. The number of aryl methyl sites for hydroxylation is 1. The summed E-state index contributed by atoms with van der Waals surface area (Å²) in [7, 11) is 0. The second kappa shape index (κ2) is 8.23. The lowest BCUT2D eigenvalue weighted by molar-refractivity contribution is 0.0663. The summed E-state index contributed by atoms with van der Waals surface area (Å²) in [5.41, 5.74) is 2.19. The Morgan fingerprint density at radius 1 is 1.04 bits per heavy atom. The van der Waals surface area contributed by atoms with Gasteiger partial charge in [-0.05, 0) is 36.8 Å². The predicted molar refractivity (Wildman–Crippen MR) is 99.4 cm³/mol. The SMILES string of the molecule is Cc1cccc(OCC(O)CN2CCN(c3cccc(O)c3)CC2)c1. The predicted octanol–water partition coefficient (Wildman–Crippen LogP) is 2.26. The topological polar surface area (TPSA) is 56.2 Å². The number of hydrogen-bond acceptors (Lipinski definition) is 5. The lowest BCUT2D eigenvalue weighted by atomic mass is 10.2. The number of aliphatic hydroxyl groups excluding tert-OH is 1. The van der Waals surface area contributed by atoms with E-state index >= 15 is 0 Å². The van der Waals surface area contributed by atoms with Gasteiger partial charge in [0.2, 0.25) is 0 Å². The molecule has 0 saturated carbocycles. The minimum Gasteiger partial charge on any atom is -0.508 e. The number of ether oxygens (including phenoxy) is 1. The zero-order chi connectivity index (χ0) is 17.6. The van der Waals surface area contributed by atoms with Crippen LogP contribution in [0.1, 0.15) is 5.56 Å². The van der Waals surface area contributed by atoms with Gasteiger partial charge in [-0.1, -0.05) is 18.2 Å². The fraction of sp³-hybridized carbons (Fsp3) is 0.400. The van der Waals surface area contributed by atoms with Crippen LogP contribution in [-0.2, 0) is 0 Å². The molecule has 1 aliphatic rings. The Bertz CT molecular complexity index is 684. The highest BCUT2D eigenvalue weighted by atomic mass is 16.5. The van der Waals surface area contributed by atoms with Crippen LogP contribution in [0.2, 0.25) is 0 Å². The van der Waals surface area contributed by atoms with Crippen molar-refractivity contribution in [2.75, 3.05) is 44.2 Å². The molecule has 1 fully saturated rings. The zero-order valence-corrected chi connectivity index (χ0v) is 14.6. The van der Waals surface area contributed by atoms with Crippen LogP contribution in [0.15, 0.2) is 48.5 Å². The minimum absolute atomic E-state index is 0.295. The van der Waals surface area contributed by atoms with E-state index in [1.807, 2.05) is 43.3 Å². The number of piperazine rings is 1. The van der Waals surface area contributed by atoms with Gasteiger partial charge in [0.25, 0.3) is 0 Å². The van der Waals surface area contributed by atoms with E-state index in [1.165, 1.54) is 0 Å². The molecule has 1 heterocycles. The first-order valence-electron chi connectivity index (χ1n) is 8.74. The van der Waals surface area contributed by atoms with Gasteiger partial charge in [-0.15, -0.1) is 0 Å². The molecule has 3 rings (SSSR count). The van der Waals surface area contributed by atoms with Gasteiger partial charge in [-0.25, -0.2) is 0 Å². The highest BCUT2D eigenvalue weighted by Gasteiger charge is 2.20. The molecule has 2 aromatic carbocycles. The van der Waals surface area contributed by atoms with Gasteiger partial charge in [-0.2, -0.15) is 0 Å². The first kappa shape index (κ1) is 17.6. The lowest BCUT2D eigenvalue weighted by Gasteiger charge is -2.36. The number of phenolic OH excluding ortho intramolecular Hbond substituents is 1. The van der Waals surface area contributed by atoms with Gasteiger partial charge in [0.15, 0.2) is 0 Å². The highest BCUT2D eigenvalue weighted by Crippen LogP contribution is 2.21. The molecule has 0 radical (unpaired) electrons. The molecule has 1 unspecified atom stereocenters. The first-order valence-corrected chi connectivity index (χ1v) is 8.74. The van der Waals surface area contributed by atoms with Crippen molar-refractivity contribution in [1.29, 1.82) is 0 Å². The van der Waals surface area contributed by atoms with Crippen molar-refractivity contribution in [3.63, 3.8) is 0 Å². The second-order valence-corrected chi connectivity index (χ2v) is 6.59. The maximum Gasteiger partial charge on any atom is 0.119 e. The van der Waals surface area contributed by atoms with Gasteiger partial charge in [-0.3, -0.25) is 4.90 Å². The summed E-state index contributed by atoms with van der Waals surface area (Å²) in [5, 5.41) is 19.8. The summed E-state index contributed by atoms with van der Waals surface area (Å²) >= 11 is 0. The largest absolute Gasteiger partial charge is 0.508 e. The van der Waals surface area contributed by atoms with E-state index in [-0.39, 0.29) is 0 Å². The van der Waals surface area contributed by atoms with Crippen LogP contribution in [0, 0.1) is 6.92 Å². The Morgan fingerprint density at radius 3 is 2.52 bits per heavy atom. The number of hydrogen-bond donors (Lipinski definition) is 2. The van der Waals surface area contributed by atoms with Crippen LogP contribution in [0.5, 0.6) is 11.5 Å². The third kappa shape index (κ3) is 5.11. The Balaban J connectivity index is 1.42. The van der Waals surface area contributed by atoms with Crippen LogP contribution in [-0.4, -0.2) is 60.5 Å². The molecule has 1 atom stereocenters. The molecule has 2 aromatic rings. The van der Waals surface area contributed by atoms with E-state index in [0.717, 1.165) is 43.2 Å². The Kier molecular flexibility index (Phi) is 5.79. The fourth-order valence-electron chi connectivity index (χ4n) is 3.13. The summed E-state index contributed by atoms with van der Waals surface area (Å²) < 4.78 is 5.68. The van der Waals surface area contributed by atoms with Crippen LogP contribution in [0.25, 0.3) is 0 Å². The molecular formula is C20H26N2O3. The third-order valence-corrected chi connectivity index (χ3v) is 4.47.